The second-order valence-corrected chi connectivity index (χ2v) is 5.52. The van der Waals surface area contributed by atoms with Crippen molar-refractivity contribution in [2.24, 2.45) is 0 Å². The molecule has 1 saturated heterocycles. The Balaban J connectivity index is 2.06. The van der Waals surface area contributed by atoms with Crippen LogP contribution in [0.4, 0.5) is 0 Å². The molecule has 1 unspecified atom stereocenters. The van der Waals surface area contributed by atoms with E-state index in [4.69, 9.17) is 16.3 Å². The van der Waals surface area contributed by atoms with E-state index in [1.807, 2.05) is 12.1 Å². The van der Waals surface area contributed by atoms with Gasteiger partial charge in [0.05, 0.1) is 4.47 Å². The quantitative estimate of drug-likeness (QED) is 0.794. The number of hydrogen-bond donors (Lipinski definition) is 1. The van der Waals surface area contributed by atoms with Gasteiger partial charge in [-0.1, -0.05) is 17.7 Å². The molecule has 0 bridgehead atoms. The maximum Gasteiger partial charge on any atom is 0.142 e. The maximum atomic E-state index is 6.11. The van der Waals surface area contributed by atoms with E-state index < -0.39 is 0 Å². The lowest BCUT2D eigenvalue weighted by atomic mass is 9.97. The first-order valence-corrected chi connectivity index (χ1v) is 6.44. The first-order valence-electron chi connectivity index (χ1n) is 5.27. The third kappa shape index (κ3) is 1.67. The first kappa shape index (κ1) is 10.6. The number of rotatable bonds is 0. The molecule has 1 atom stereocenters. The zero-order valence-electron chi connectivity index (χ0n) is 8.59. The molecule has 2 aliphatic rings. The van der Waals surface area contributed by atoms with E-state index in [2.05, 4.69) is 33.4 Å². The SMILES string of the molecule is Clc1cc(Br)c2c(c1)C=CC1(CCNC1)O2. The van der Waals surface area contributed by atoms with E-state index in [0.29, 0.717) is 0 Å². The summed E-state index contributed by atoms with van der Waals surface area (Å²) >= 11 is 9.50. The number of ether oxygens (including phenoxy) is 1. The summed E-state index contributed by atoms with van der Waals surface area (Å²) in [5.41, 5.74) is 0.875. The summed E-state index contributed by atoms with van der Waals surface area (Å²) < 4.78 is 7.03. The van der Waals surface area contributed by atoms with Crippen molar-refractivity contribution in [3.05, 3.63) is 33.3 Å². The van der Waals surface area contributed by atoms with Crippen LogP contribution in [0.3, 0.4) is 0 Å². The molecule has 0 radical (unpaired) electrons. The Morgan fingerprint density at radius 3 is 3.06 bits per heavy atom. The summed E-state index contributed by atoms with van der Waals surface area (Å²) in [5, 5.41) is 4.05. The number of hydrogen-bond acceptors (Lipinski definition) is 2. The van der Waals surface area contributed by atoms with Gasteiger partial charge in [-0.05, 0) is 40.7 Å². The molecule has 3 rings (SSSR count). The Hall–Kier alpha value is -0.510. The molecule has 2 heterocycles. The van der Waals surface area contributed by atoms with Crippen molar-refractivity contribution in [3.63, 3.8) is 0 Å². The summed E-state index contributed by atoms with van der Waals surface area (Å²) in [6.07, 6.45) is 5.25. The minimum absolute atomic E-state index is 0.163. The van der Waals surface area contributed by atoms with E-state index in [1.54, 1.807) is 0 Å². The van der Waals surface area contributed by atoms with Gasteiger partial charge >= 0.3 is 0 Å². The Kier molecular flexibility index (Phi) is 2.50. The Labute approximate surface area is 108 Å². The molecule has 0 saturated carbocycles. The predicted octanol–water partition coefficient (Wildman–Crippen LogP) is 3.24. The predicted molar refractivity (Wildman–Crippen MR) is 69.0 cm³/mol. The molecular formula is C12H11BrClNO. The van der Waals surface area contributed by atoms with Crippen LogP contribution in [0.5, 0.6) is 5.75 Å². The summed E-state index contributed by atoms with van der Waals surface area (Å²) in [7, 11) is 0. The summed E-state index contributed by atoms with van der Waals surface area (Å²) in [6.45, 7) is 1.88. The van der Waals surface area contributed by atoms with E-state index in [1.165, 1.54) is 0 Å². The summed E-state index contributed by atoms with van der Waals surface area (Å²) in [5.74, 6) is 0.899. The van der Waals surface area contributed by atoms with Crippen molar-refractivity contribution in [2.75, 3.05) is 13.1 Å². The first-order chi connectivity index (χ1) is 7.69. The standard InChI is InChI=1S/C12H11BrClNO/c13-10-6-9(14)5-8-1-2-12(16-11(8)10)3-4-15-7-12/h1-2,5-6,15H,3-4,7H2. The van der Waals surface area contributed by atoms with E-state index in [-0.39, 0.29) is 5.60 Å². The average molecular weight is 301 g/mol. The summed E-state index contributed by atoms with van der Waals surface area (Å²) in [6, 6.07) is 3.79. The molecule has 1 N–H and O–H groups in total. The van der Waals surface area contributed by atoms with Gasteiger partial charge in [0.25, 0.3) is 0 Å². The highest BCUT2D eigenvalue weighted by molar-refractivity contribution is 9.10. The highest BCUT2D eigenvalue weighted by Crippen LogP contribution is 2.40. The smallest absolute Gasteiger partial charge is 0.142 e. The van der Waals surface area contributed by atoms with Crippen LogP contribution >= 0.6 is 27.5 Å². The lowest BCUT2D eigenvalue weighted by molar-refractivity contribution is 0.138. The average Bonchev–Trinajstić information content (AvgIpc) is 2.68. The van der Waals surface area contributed by atoms with Gasteiger partial charge in [0.1, 0.15) is 11.4 Å². The van der Waals surface area contributed by atoms with Crippen LogP contribution < -0.4 is 10.1 Å². The van der Waals surface area contributed by atoms with Crippen molar-refractivity contribution in [3.8, 4) is 5.75 Å². The fourth-order valence-corrected chi connectivity index (χ4v) is 3.12. The number of nitrogens with one attached hydrogen (secondary N) is 1. The molecule has 1 fully saturated rings. The molecule has 1 spiro atoms. The van der Waals surface area contributed by atoms with Crippen molar-refractivity contribution >= 4 is 33.6 Å². The molecule has 0 aromatic heterocycles. The Morgan fingerprint density at radius 1 is 1.44 bits per heavy atom. The van der Waals surface area contributed by atoms with Crippen LogP contribution in [0.1, 0.15) is 12.0 Å². The molecule has 2 nitrogen and oxygen atoms in total. The number of fused-ring (bicyclic) bond motifs is 1. The number of halogens is 2. The van der Waals surface area contributed by atoms with Gasteiger partial charge in [-0.2, -0.15) is 0 Å². The fraction of sp³-hybridized carbons (Fsp3) is 0.333. The van der Waals surface area contributed by atoms with Crippen LogP contribution in [0.25, 0.3) is 6.08 Å². The zero-order valence-corrected chi connectivity index (χ0v) is 10.9. The third-order valence-electron chi connectivity index (χ3n) is 3.06. The van der Waals surface area contributed by atoms with Gasteiger partial charge in [-0.3, -0.25) is 0 Å². The lowest BCUT2D eigenvalue weighted by Crippen LogP contribution is -2.37. The van der Waals surface area contributed by atoms with Gasteiger partial charge < -0.3 is 10.1 Å². The summed E-state index contributed by atoms with van der Waals surface area (Å²) in [4.78, 5) is 0. The minimum atomic E-state index is -0.163. The van der Waals surface area contributed by atoms with E-state index in [9.17, 15) is 0 Å². The van der Waals surface area contributed by atoms with Crippen molar-refractivity contribution < 1.29 is 4.74 Å². The lowest BCUT2D eigenvalue weighted by Gasteiger charge is -2.31. The molecule has 84 valence electrons. The van der Waals surface area contributed by atoms with E-state index >= 15 is 0 Å². The van der Waals surface area contributed by atoms with Gasteiger partial charge in [0.15, 0.2) is 0 Å². The second kappa shape index (κ2) is 3.76. The van der Waals surface area contributed by atoms with Gasteiger partial charge in [-0.15, -0.1) is 0 Å². The monoisotopic (exact) mass is 299 g/mol. The topological polar surface area (TPSA) is 21.3 Å². The molecule has 1 aromatic rings. The highest BCUT2D eigenvalue weighted by Gasteiger charge is 2.36. The maximum absolute atomic E-state index is 6.11. The molecule has 4 heteroatoms. The minimum Gasteiger partial charge on any atom is -0.480 e. The molecule has 0 amide bonds. The van der Waals surface area contributed by atoms with E-state index in [0.717, 1.165) is 40.3 Å². The van der Waals surface area contributed by atoms with Crippen LogP contribution in [-0.2, 0) is 0 Å². The van der Waals surface area contributed by atoms with Gasteiger partial charge in [-0.25, -0.2) is 0 Å². The Bertz CT molecular complexity index is 466. The van der Waals surface area contributed by atoms with Crippen LogP contribution in [0, 0.1) is 0 Å². The molecule has 0 aliphatic carbocycles. The zero-order chi connectivity index (χ0) is 11.2. The van der Waals surface area contributed by atoms with Crippen molar-refractivity contribution in [1.82, 2.24) is 5.32 Å². The van der Waals surface area contributed by atoms with Gasteiger partial charge in [0.2, 0.25) is 0 Å². The van der Waals surface area contributed by atoms with Crippen LogP contribution in [0.15, 0.2) is 22.7 Å². The van der Waals surface area contributed by atoms with Gasteiger partial charge in [0, 0.05) is 23.6 Å². The molecule has 2 aliphatic heterocycles. The fourth-order valence-electron chi connectivity index (χ4n) is 2.21. The number of benzene rings is 1. The Morgan fingerprint density at radius 2 is 2.31 bits per heavy atom. The highest BCUT2D eigenvalue weighted by atomic mass is 79.9. The third-order valence-corrected chi connectivity index (χ3v) is 3.87. The van der Waals surface area contributed by atoms with Crippen molar-refractivity contribution in [2.45, 2.75) is 12.0 Å². The molecule has 16 heavy (non-hydrogen) atoms. The van der Waals surface area contributed by atoms with Crippen LogP contribution in [-0.4, -0.2) is 18.7 Å². The molecular weight excluding hydrogens is 289 g/mol. The van der Waals surface area contributed by atoms with Crippen molar-refractivity contribution in [1.29, 1.82) is 0 Å². The second-order valence-electron chi connectivity index (χ2n) is 4.23. The molecule has 1 aromatic carbocycles. The largest absolute Gasteiger partial charge is 0.480 e. The normalized spacial score (nSPS) is 26.9. The van der Waals surface area contributed by atoms with Crippen LogP contribution in [0.2, 0.25) is 5.02 Å².